The van der Waals surface area contributed by atoms with Crippen molar-refractivity contribution in [3.63, 3.8) is 0 Å². The first-order chi connectivity index (χ1) is 13.9. The topological polar surface area (TPSA) is 120 Å². The molecule has 2 aliphatic rings. The summed E-state index contributed by atoms with van der Waals surface area (Å²) in [7, 11) is 0. The van der Waals surface area contributed by atoms with E-state index in [0.29, 0.717) is 41.1 Å². The summed E-state index contributed by atoms with van der Waals surface area (Å²) in [5.41, 5.74) is 9.15. The van der Waals surface area contributed by atoms with E-state index in [2.05, 4.69) is 4.98 Å². The van der Waals surface area contributed by atoms with E-state index in [9.17, 15) is 14.7 Å². The number of esters is 1. The van der Waals surface area contributed by atoms with Gasteiger partial charge in [-0.3, -0.25) is 9.78 Å². The monoisotopic (exact) mass is 392 g/mol. The van der Waals surface area contributed by atoms with E-state index in [0.717, 1.165) is 22.2 Å². The van der Waals surface area contributed by atoms with Crippen molar-refractivity contribution in [2.24, 2.45) is 5.73 Å². The molecule has 0 unspecified atom stereocenters. The molecule has 0 aliphatic carbocycles. The van der Waals surface area contributed by atoms with E-state index in [1.54, 1.807) is 23.8 Å². The zero-order valence-corrected chi connectivity index (χ0v) is 16.2. The average Bonchev–Trinajstić information content (AvgIpc) is 3.08. The third kappa shape index (κ3) is 2.27. The summed E-state index contributed by atoms with van der Waals surface area (Å²) in [4.78, 5) is 34.6. The molecule has 0 amide bonds. The van der Waals surface area contributed by atoms with Gasteiger partial charge in [-0.05, 0) is 31.0 Å². The number of pyridine rings is 3. The maximum atomic E-state index is 13.2. The Morgan fingerprint density at radius 1 is 1.31 bits per heavy atom. The van der Waals surface area contributed by atoms with Gasteiger partial charge in [-0.1, -0.05) is 6.92 Å². The van der Waals surface area contributed by atoms with Gasteiger partial charge in [0, 0.05) is 28.8 Å². The maximum Gasteiger partial charge on any atom is 0.343 e. The number of aromatic nitrogens is 3. The van der Waals surface area contributed by atoms with Crippen molar-refractivity contribution in [2.75, 3.05) is 0 Å². The molecule has 8 heteroatoms. The minimum Gasteiger partial charge on any atom is -0.458 e. The van der Waals surface area contributed by atoms with Gasteiger partial charge < -0.3 is 20.1 Å². The zero-order chi connectivity index (χ0) is 20.5. The largest absolute Gasteiger partial charge is 0.458 e. The number of carbonyl (C=O) groups excluding carboxylic acids is 1. The van der Waals surface area contributed by atoms with Gasteiger partial charge in [-0.15, -0.1) is 0 Å². The number of carbonyl (C=O) groups is 1. The van der Waals surface area contributed by atoms with E-state index < -0.39 is 11.6 Å². The minimum atomic E-state index is -1.84. The lowest BCUT2D eigenvalue weighted by Crippen LogP contribution is -2.44. The fourth-order valence-corrected chi connectivity index (χ4v) is 4.40. The number of nitrogens with two attached hydrogens (primary N) is 1. The summed E-state index contributed by atoms with van der Waals surface area (Å²) in [5.74, 6) is -0.733. The standard InChI is InChI=1S/C21H20N4O4/c1-3-21(28)15-5-17-18-13(8-25(17)19(26)14(15)9-29-20(21)27)12(6-22)11-4-10(2)23-7-16(11)24-18/h4-5,7,28H,3,6,8-9,22H2,1-2H3/t21-/m0/s1. The normalized spacial score (nSPS) is 19.7. The van der Waals surface area contributed by atoms with Crippen LogP contribution in [0.1, 0.15) is 41.3 Å². The molecule has 5 heterocycles. The lowest BCUT2D eigenvalue weighted by Gasteiger charge is -2.31. The second-order valence-electron chi connectivity index (χ2n) is 7.57. The van der Waals surface area contributed by atoms with Crippen molar-refractivity contribution >= 4 is 16.9 Å². The molecular weight excluding hydrogens is 372 g/mol. The van der Waals surface area contributed by atoms with Crippen LogP contribution < -0.4 is 11.3 Å². The fourth-order valence-electron chi connectivity index (χ4n) is 4.40. The van der Waals surface area contributed by atoms with Crippen molar-refractivity contribution in [3.8, 4) is 11.4 Å². The van der Waals surface area contributed by atoms with Crippen LogP contribution in [0.15, 0.2) is 23.1 Å². The Balaban J connectivity index is 1.84. The van der Waals surface area contributed by atoms with Gasteiger partial charge >= 0.3 is 5.97 Å². The molecule has 3 aromatic heterocycles. The Morgan fingerprint density at radius 2 is 2.10 bits per heavy atom. The second kappa shape index (κ2) is 5.95. The van der Waals surface area contributed by atoms with E-state index in [-0.39, 0.29) is 18.6 Å². The molecule has 1 atom stereocenters. The summed E-state index contributed by atoms with van der Waals surface area (Å²) in [5, 5.41) is 11.9. The third-order valence-corrected chi connectivity index (χ3v) is 6.03. The first-order valence-electron chi connectivity index (χ1n) is 9.54. The number of aryl methyl sites for hydroxylation is 1. The smallest absolute Gasteiger partial charge is 0.343 e. The maximum absolute atomic E-state index is 13.2. The average molecular weight is 392 g/mol. The Labute approximate surface area is 166 Å². The highest BCUT2D eigenvalue weighted by Gasteiger charge is 2.45. The number of hydrogen-bond acceptors (Lipinski definition) is 7. The highest BCUT2D eigenvalue weighted by atomic mass is 16.6. The van der Waals surface area contributed by atoms with E-state index >= 15 is 0 Å². The van der Waals surface area contributed by atoms with Crippen molar-refractivity contribution in [1.29, 1.82) is 0 Å². The van der Waals surface area contributed by atoms with Crippen LogP contribution in [0.3, 0.4) is 0 Å². The lowest BCUT2D eigenvalue weighted by molar-refractivity contribution is -0.172. The zero-order valence-electron chi connectivity index (χ0n) is 16.2. The van der Waals surface area contributed by atoms with Crippen LogP contribution in [0, 0.1) is 6.92 Å². The summed E-state index contributed by atoms with van der Waals surface area (Å²) >= 11 is 0. The van der Waals surface area contributed by atoms with Crippen LogP contribution >= 0.6 is 0 Å². The van der Waals surface area contributed by atoms with Gasteiger partial charge in [-0.2, -0.15) is 0 Å². The van der Waals surface area contributed by atoms with E-state index in [1.165, 1.54) is 0 Å². The van der Waals surface area contributed by atoms with Crippen molar-refractivity contribution in [2.45, 2.75) is 45.6 Å². The van der Waals surface area contributed by atoms with Gasteiger partial charge in [-0.25, -0.2) is 9.78 Å². The molecule has 148 valence electrons. The van der Waals surface area contributed by atoms with Crippen LogP contribution in [-0.4, -0.2) is 25.6 Å². The van der Waals surface area contributed by atoms with Crippen LogP contribution in [-0.2, 0) is 34.8 Å². The number of ether oxygens (including phenoxy) is 1. The molecule has 0 spiro atoms. The summed E-state index contributed by atoms with van der Waals surface area (Å²) < 4.78 is 6.72. The summed E-state index contributed by atoms with van der Waals surface area (Å²) in [6.07, 6.45) is 1.81. The number of aliphatic hydroxyl groups is 1. The van der Waals surface area contributed by atoms with Gasteiger partial charge in [0.1, 0.15) is 6.61 Å². The predicted molar refractivity (Wildman–Crippen MR) is 105 cm³/mol. The highest BCUT2D eigenvalue weighted by Crippen LogP contribution is 2.39. The number of cyclic esters (lactones) is 1. The molecule has 2 aliphatic heterocycles. The van der Waals surface area contributed by atoms with Crippen molar-refractivity contribution in [1.82, 2.24) is 14.5 Å². The Bertz CT molecular complexity index is 1280. The van der Waals surface area contributed by atoms with Crippen molar-refractivity contribution < 1.29 is 14.6 Å². The van der Waals surface area contributed by atoms with Crippen LogP contribution in [0.25, 0.3) is 22.3 Å². The molecule has 0 fully saturated rings. The molecular formula is C21H20N4O4. The molecule has 8 nitrogen and oxygen atoms in total. The molecule has 5 rings (SSSR count). The predicted octanol–water partition coefficient (Wildman–Crippen LogP) is 1.24. The molecule has 0 radical (unpaired) electrons. The first kappa shape index (κ1) is 18.0. The Morgan fingerprint density at radius 3 is 2.83 bits per heavy atom. The molecule has 0 aromatic carbocycles. The lowest BCUT2D eigenvalue weighted by atomic mass is 9.86. The number of hydrogen-bond donors (Lipinski definition) is 2. The molecule has 3 N–H and O–H groups in total. The number of rotatable bonds is 2. The fraction of sp³-hybridized carbons (Fsp3) is 0.333. The van der Waals surface area contributed by atoms with Gasteiger partial charge in [0.15, 0.2) is 5.60 Å². The van der Waals surface area contributed by atoms with Gasteiger partial charge in [0.2, 0.25) is 0 Å². The molecule has 0 saturated heterocycles. The highest BCUT2D eigenvalue weighted by molar-refractivity contribution is 5.88. The first-order valence-corrected chi connectivity index (χ1v) is 9.54. The Kier molecular flexibility index (Phi) is 3.68. The quantitative estimate of drug-likeness (QED) is 0.492. The second-order valence-corrected chi connectivity index (χ2v) is 7.57. The SMILES string of the molecule is CC[C@@]1(O)C(=O)OCc2c1cc1n(c2=O)Cc2c-1nc1cnc(C)cc1c2CN. The van der Waals surface area contributed by atoms with Crippen LogP contribution in [0.4, 0.5) is 0 Å². The molecule has 0 bridgehead atoms. The molecule has 29 heavy (non-hydrogen) atoms. The van der Waals surface area contributed by atoms with Gasteiger partial charge in [0.05, 0.1) is 35.2 Å². The molecule has 3 aromatic rings. The van der Waals surface area contributed by atoms with Crippen LogP contribution in [0.2, 0.25) is 0 Å². The number of fused-ring (bicyclic) bond motifs is 5. The van der Waals surface area contributed by atoms with Gasteiger partial charge in [0.25, 0.3) is 5.56 Å². The summed E-state index contributed by atoms with van der Waals surface area (Å²) in [6, 6.07) is 3.65. The van der Waals surface area contributed by atoms with Crippen LogP contribution in [0.5, 0.6) is 0 Å². The van der Waals surface area contributed by atoms with E-state index in [1.807, 2.05) is 13.0 Å². The Hall–Kier alpha value is -3.10. The minimum absolute atomic E-state index is 0.108. The molecule has 0 saturated carbocycles. The van der Waals surface area contributed by atoms with E-state index in [4.69, 9.17) is 15.5 Å². The third-order valence-electron chi connectivity index (χ3n) is 6.03. The number of nitrogens with zero attached hydrogens (tertiary/aromatic N) is 3. The van der Waals surface area contributed by atoms with Crippen molar-refractivity contribution in [3.05, 3.63) is 56.6 Å². The summed E-state index contributed by atoms with van der Waals surface area (Å²) in [6.45, 7) is 4.08.